The zero-order valence-corrected chi connectivity index (χ0v) is 14.8. The van der Waals surface area contributed by atoms with Crippen molar-refractivity contribution in [1.29, 1.82) is 0 Å². The van der Waals surface area contributed by atoms with Gasteiger partial charge in [0.15, 0.2) is 0 Å². The maximum Gasteiger partial charge on any atom is 0.240 e. The van der Waals surface area contributed by atoms with Gasteiger partial charge in [-0.2, -0.15) is 0 Å². The quantitative estimate of drug-likeness (QED) is 0.809. The molecule has 1 aromatic rings. The molecule has 2 unspecified atom stereocenters. The van der Waals surface area contributed by atoms with E-state index in [2.05, 4.69) is 22.1 Å². The summed E-state index contributed by atoms with van der Waals surface area (Å²) in [4.78, 5) is 27.6. The number of hydrogen-bond donors (Lipinski definition) is 2. The van der Waals surface area contributed by atoms with Crippen LogP contribution in [0, 0.1) is 5.92 Å². The van der Waals surface area contributed by atoms with Gasteiger partial charge in [0, 0.05) is 30.1 Å². The van der Waals surface area contributed by atoms with E-state index in [1.165, 1.54) is 4.88 Å². The lowest BCUT2D eigenvalue weighted by Gasteiger charge is -2.19. The number of thioether (sulfide) groups is 1. The topological polar surface area (TPSA) is 61.4 Å². The van der Waals surface area contributed by atoms with Gasteiger partial charge in [-0.05, 0) is 36.8 Å². The highest BCUT2D eigenvalue weighted by Gasteiger charge is 2.33. The predicted molar refractivity (Wildman–Crippen MR) is 94.6 cm³/mol. The van der Waals surface area contributed by atoms with Crippen LogP contribution in [-0.4, -0.2) is 54.0 Å². The lowest BCUT2D eigenvalue weighted by Crippen LogP contribution is -2.42. The summed E-state index contributed by atoms with van der Waals surface area (Å²) in [5.74, 6) is 2.41. The lowest BCUT2D eigenvalue weighted by atomic mass is 10.0. The fourth-order valence-corrected chi connectivity index (χ4v) is 4.74. The molecular formula is C16H23N3O2S2. The molecule has 2 amide bonds. The maximum absolute atomic E-state index is 12.3. The molecule has 5 nitrogen and oxygen atoms in total. The van der Waals surface area contributed by atoms with E-state index in [0.717, 1.165) is 37.6 Å². The van der Waals surface area contributed by atoms with Gasteiger partial charge in [0.25, 0.3) is 0 Å². The van der Waals surface area contributed by atoms with E-state index in [1.54, 1.807) is 23.1 Å². The summed E-state index contributed by atoms with van der Waals surface area (Å²) in [5, 5.41) is 8.33. The zero-order valence-electron chi connectivity index (χ0n) is 13.1. The third kappa shape index (κ3) is 4.71. The third-order valence-electron chi connectivity index (χ3n) is 4.33. The standard InChI is InChI=1S/C16H23N3O2S2/c20-15(17-4-3-13-2-1-6-23-13)9-12-8-14(18-10-12)16(21)19-5-7-22-11-19/h1-2,6,12,14,18H,3-5,7-11H2,(H,17,20). The number of nitrogens with zero attached hydrogens (tertiary/aromatic N) is 1. The Balaban J connectivity index is 1.35. The highest BCUT2D eigenvalue weighted by Crippen LogP contribution is 2.22. The van der Waals surface area contributed by atoms with Crippen LogP contribution in [0.3, 0.4) is 0 Å². The number of rotatable bonds is 6. The number of carbonyl (C=O) groups is 2. The van der Waals surface area contributed by atoms with Crippen LogP contribution in [0.4, 0.5) is 0 Å². The molecule has 2 N–H and O–H groups in total. The Hall–Kier alpha value is -1.05. The van der Waals surface area contributed by atoms with Crippen LogP contribution in [0.2, 0.25) is 0 Å². The molecule has 2 atom stereocenters. The Morgan fingerprint density at radius 3 is 3.09 bits per heavy atom. The van der Waals surface area contributed by atoms with E-state index in [0.29, 0.717) is 13.0 Å². The first-order chi connectivity index (χ1) is 11.2. The number of hydrogen-bond acceptors (Lipinski definition) is 5. The van der Waals surface area contributed by atoms with Gasteiger partial charge in [-0.15, -0.1) is 23.1 Å². The van der Waals surface area contributed by atoms with E-state index in [4.69, 9.17) is 0 Å². The Bertz CT molecular complexity index is 529. The van der Waals surface area contributed by atoms with Crippen LogP contribution < -0.4 is 10.6 Å². The fourth-order valence-electron chi connectivity index (χ4n) is 3.08. The molecule has 1 aromatic heterocycles. The SMILES string of the molecule is O=C(CC1CNC(C(=O)N2CCSC2)C1)NCCc1cccs1. The summed E-state index contributed by atoms with van der Waals surface area (Å²) >= 11 is 3.52. The Kier molecular flexibility index (Phi) is 5.96. The molecule has 2 aliphatic rings. The number of amides is 2. The number of nitrogens with one attached hydrogen (secondary N) is 2. The lowest BCUT2D eigenvalue weighted by molar-refractivity contribution is -0.131. The van der Waals surface area contributed by atoms with E-state index in [1.807, 2.05) is 11.0 Å². The van der Waals surface area contributed by atoms with Gasteiger partial charge >= 0.3 is 0 Å². The number of thiophene rings is 1. The van der Waals surface area contributed by atoms with Gasteiger partial charge in [0.1, 0.15) is 0 Å². The van der Waals surface area contributed by atoms with E-state index >= 15 is 0 Å². The molecule has 0 saturated carbocycles. The van der Waals surface area contributed by atoms with Crippen molar-refractivity contribution in [1.82, 2.24) is 15.5 Å². The van der Waals surface area contributed by atoms with Gasteiger partial charge in [-0.1, -0.05) is 6.07 Å². The molecule has 0 bridgehead atoms. The Morgan fingerprint density at radius 2 is 2.35 bits per heavy atom. The molecule has 3 heterocycles. The molecule has 2 aliphatic heterocycles. The van der Waals surface area contributed by atoms with Crippen LogP contribution in [0.15, 0.2) is 17.5 Å². The molecule has 2 saturated heterocycles. The fraction of sp³-hybridized carbons (Fsp3) is 0.625. The largest absolute Gasteiger partial charge is 0.356 e. The van der Waals surface area contributed by atoms with Crippen molar-refractivity contribution < 1.29 is 9.59 Å². The predicted octanol–water partition coefficient (Wildman–Crippen LogP) is 1.31. The molecule has 0 aromatic carbocycles. The average Bonchev–Trinajstić information content (AvgIpc) is 3.29. The van der Waals surface area contributed by atoms with Gasteiger partial charge in [-0.25, -0.2) is 0 Å². The first-order valence-corrected chi connectivity index (χ1v) is 10.1. The van der Waals surface area contributed by atoms with Gasteiger partial charge in [0.05, 0.1) is 11.9 Å². The van der Waals surface area contributed by atoms with Crippen LogP contribution in [0.5, 0.6) is 0 Å². The second-order valence-corrected chi connectivity index (χ2v) is 8.19. The van der Waals surface area contributed by atoms with E-state index in [9.17, 15) is 9.59 Å². The summed E-state index contributed by atoms with van der Waals surface area (Å²) in [5.41, 5.74) is 0. The van der Waals surface area contributed by atoms with Crippen molar-refractivity contribution in [3.05, 3.63) is 22.4 Å². The van der Waals surface area contributed by atoms with Crippen molar-refractivity contribution in [2.45, 2.75) is 25.3 Å². The van der Waals surface area contributed by atoms with Gasteiger partial charge < -0.3 is 15.5 Å². The Labute approximate surface area is 145 Å². The summed E-state index contributed by atoms with van der Waals surface area (Å²) in [6.45, 7) is 2.30. The molecule has 3 rings (SSSR count). The first-order valence-electron chi connectivity index (χ1n) is 8.11. The summed E-state index contributed by atoms with van der Waals surface area (Å²) in [6, 6.07) is 4.02. The summed E-state index contributed by atoms with van der Waals surface area (Å²) in [7, 11) is 0. The van der Waals surface area contributed by atoms with E-state index < -0.39 is 0 Å². The highest BCUT2D eigenvalue weighted by molar-refractivity contribution is 7.99. The minimum absolute atomic E-state index is 0.0955. The second-order valence-electron chi connectivity index (χ2n) is 6.09. The minimum atomic E-state index is -0.0994. The normalized spacial score (nSPS) is 24.1. The smallest absolute Gasteiger partial charge is 0.240 e. The van der Waals surface area contributed by atoms with Gasteiger partial charge in [-0.3, -0.25) is 9.59 Å². The van der Waals surface area contributed by atoms with Crippen LogP contribution in [0.1, 0.15) is 17.7 Å². The monoisotopic (exact) mass is 353 g/mol. The maximum atomic E-state index is 12.3. The van der Waals surface area contributed by atoms with Crippen molar-refractivity contribution in [2.75, 3.05) is 31.3 Å². The molecule has 2 fully saturated rings. The van der Waals surface area contributed by atoms with Crippen LogP contribution >= 0.6 is 23.1 Å². The molecule has 0 aliphatic carbocycles. The van der Waals surface area contributed by atoms with Crippen molar-refractivity contribution >= 4 is 34.9 Å². The number of carbonyl (C=O) groups excluding carboxylic acids is 2. The highest BCUT2D eigenvalue weighted by atomic mass is 32.2. The van der Waals surface area contributed by atoms with Crippen LogP contribution in [0.25, 0.3) is 0 Å². The van der Waals surface area contributed by atoms with Crippen molar-refractivity contribution in [2.24, 2.45) is 5.92 Å². The van der Waals surface area contributed by atoms with Crippen molar-refractivity contribution in [3.63, 3.8) is 0 Å². The first kappa shape index (κ1) is 16.8. The molecule has 0 radical (unpaired) electrons. The van der Waals surface area contributed by atoms with Crippen LogP contribution in [-0.2, 0) is 16.0 Å². The summed E-state index contributed by atoms with van der Waals surface area (Å²) < 4.78 is 0. The minimum Gasteiger partial charge on any atom is -0.356 e. The van der Waals surface area contributed by atoms with E-state index in [-0.39, 0.29) is 23.8 Å². The zero-order chi connectivity index (χ0) is 16.1. The molecule has 7 heteroatoms. The molecule has 23 heavy (non-hydrogen) atoms. The third-order valence-corrected chi connectivity index (χ3v) is 6.23. The molecular weight excluding hydrogens is 330 g/mol. The molecule has 126 valence electrons. The van der Waals surface area contributed by atoms with Gasteiger partial charge in [0.2, 0.25) is 11.8 Å². The second kappa shape index (κ2) is 8.17. The summed E-state index contributed by atoms with van der Waals surface area (Å²) in [6.07, 6.45) is 2.17. The Morgan fingerprint density at radius 1 is 1.43 bits per heavy atom. The average molecular weight is 354 g/mol. The molecule has 0 spiro atoms. The van der Waals surface area contributed by atoms with Crippen molar-refractivity contribution in [3.8, 4) is 0 Å².